The third kappa shape index (κ3) is 5.51. The highest BCUT2D eigenvalue weighted by Gasteiger charge is 2.18. The highest BCUT2D eigenvalue weighted by Crippen LogP contribution is 2.23. The second-order valence-corrected chi connectivity index (χ2v) is 7.92. The van der Waals surface area contributed by atoms with Gasteiger partial charge in [-0.2, -0.15) is 0 Å². The smallest absolute Gasteiger partial charge is 0.258 e. The molecule has 2 N–H and O–H groups in total. The van der Waals surface area contributed by atoms with E-state index in [-0.39, 0.29) is 19.1 Å². The van der Waals surface area contributed by atoms with Gasteiger partial charge in [0.15, 0.2) is 6.61 Å². The summed E-state index contributed by atoms with van der Waals surface area (Å²) in [4.78, 5) is 18.5. The van der Waals surface area contributed by atoms with E-state index >= 15 is 0 Å². The maximum atomic E-state index is 12.2. The molecule has 2 heterocycles. The summed E-state index contributed by atoms with van der Waals surface area (Å²) in [7, 11) is 1.93. The fourth-order valence-electron chi connectivity index (χ4n) is 3.88. The Bertz CT molecular complexity index is 1030. The summed E-state index contributed by atoms with van der Waals surface area (Å²) in [5, 5.41) is 13.1. The lowest BCUT2D eigenvalue weighted by Gasteiger charge is -2.30. The summed E-state index contributed by atoms with van der Waals surface area (Å²) in [6.07, 6.45) is 3.89. The lowest BCUT2D eigenvalue weighted by atomic mass is 10.00. The lowest BCUT2D eigenvalue weighted by molar-refractivity contribution is -0.123. The fourth-order valence-corrected chi connectivity index (χ4v) is 3.88. The molecular formula is C24H28N4O3. The Morgan fingerprint density at radius 2 is 2.06 bits per heavy atom. The Balaban J connectivity index is 1.21. The minimum atomic E-state index is -0.623. The predicted molar refractivity (Wildman–Crippen MR) is 119 cm³/mol. The standard InChI is InChI=1S/C24H28N4O3/c1-27-17-25-13-23(27)19-7-4-8-22(11-19)31-16-24(30)26-12-21(29)15-28-10-9-18-5-2-3-6-20(18)14-28/h2-8,11,13,17,21,29H,9-10,12,14-16H2,1H3,(H,26,30)/t21-/m1/s1. The normalized spacial score (nSPS) is 14.6. The first-order valence-electron chi connectivity index (χ1n) is 10.5. The topological polar surface area (TPSA) is 79.6 Å². The van der Waals surface area contributed by atoms with Crippen molar-refractivity contribution >= 4 is 5.91 Å². The van der Waals surface area contributed by atoms with Crippen molar-refractivity contribution in [3.05, 3.63) is 72.2 Å². The Kier molecular flexibility index (Phi) is 6.64. The number of β-amino-alcohol motifs (C(OH)–C–C–N with tert-alkyl or cyclic N) is 1. The first-order valence-corrected chi connectivity index (χ1v) is 10.5. The number of aliphatic hydroxyl groups is 1. The van der Waals surface area contributed by atoms with Gasteiger partial charge in [0.25, 0.3) is 5.91 Å². The van der Waals surface area contributed by atoms with Gasteiger partial charge in [0.05, 0.1) is 24.3 Å². The molecule has 4 rings (SSSR count). The Hall–Kier alpha value is -3.16. The molecule has 162 valence electrons. The van der Waals surface area contributed by atoms with Crippen molar-refractivity contribution < 1.29 is 14.6 Å². The molecule has 0 saturated carbocycles. The van der Waals surface area contributed by atoms with E-state index in [1.807, 2.05) is 41.9 Å². The van der Waals surface area contributed by atoms with Crippen molar-refractivity contribution in [2.45, 2.75) is 19.1 Å². The van der Waals surface area contributed by atoms with Crippen LogP contribution in [0.25, 0.3) is 11.3 Å². The number of hydrogen-bond donors (Lipinski definition) is 2. The Morgan fingerprint density at radius 1 is 1.23 bits per heavy atom. The Labute approximate surface area is 182 Å². The highest BCUT2D eigenvalue weighted by molar-refractivity contribution is 5.77. The molecule has 7 heteroatoms. The number of nitrogens with zero attached hydrogens (tertiary/aromatic N) is 3. The van der Waals surface area contributed by atoms with Crippen LogP contribution < -0.4 is 10.1 Å². The van der Waals surface area contributed by atoms with E-state index in [4.69, 9.17) is 4.74 Å². The number of aryl methyl sites for hydroxylation is 1. The summed E-state index contributed by atoms with van der Waals surface area (Å²) in [5.74, 6) is 0.357. The molecule has 1 aliphatic heterocycles. The summed E-state index contributed by atoms with van der Waals surface area (Å²) in [6.45, 7) is 2.38. The van der Waals surface area contributed by atoms with Crippen molar-refractivity contribution in [2.75, 3.05) is 26.2 Å². The number of hydrogen-bond acceptors (Lipinski definition) is 5. The fraction of sp³-hybridized carbons (Fsp3) is 0.333. The average Bonchev–Trinajstić information content (AvgIpc) is 3.22. The lowest BCUT2D eigenvalue weighted by Crippen LogP contribution is -2.42. The summed E-state index contributed by atoms with van der Waals surface area (Å²) >= 11 is 0. The van der Waals surface area contributed by atoms with Gasteiger partial charge in [0.2, 0.25) is 0 Å². The molecule has 0 unspecified atom stereocenters. The molecular weight excluding hydrogens is 392 g/mol. The number of ether oxygens (including phenoxy) is 1. The van der Waals surface area contributed by atoms with Gasteiger partial charge in [-0.1, -0.05) is 36.4 Å². The number of fused-ring (bicyclic) bond motifs is 1. The number of aliphatic hydroxyl groups excluding tert-OH is 1. The first kappa shape index (κ1) is 21.1. The molecule has 0 fully saturated rings. The van der Waals surface area contributed by atoms with Crippen LogP contribution in [0.4, 0.5) is 0 Å². The Morgan fingerprint density at radius 3 is 2.87 bits per heavy atom. The zero-order valence-corrected chi connectivity index (χ0v) is 17.7. The maximum absolute atomic E-state index is 12.2. The van der Waals surface area contributed by atoms with Crippen molar-refractivity contribution in [2.24, 2.45) is 7.05 Å². The van der Waals surface area contributed by atoms with E-state index in [1.165, 1.54) is 11.1 Å². The second kappa shape index (κ2) is 9.76. The molecule has 3 aromatic rings. The third-order valence-corrected chi connectivity index (χ3v) is 5.53. The van der Waals surface area contributed by atoms with E-state index in [0.29, 0.717) is 12.3 Å². The molecule has 0 radical (unpaired) electrons. The van der Waals surface area contributed by atoms with Gasteiger partial charge in [0.1, 0.15) is 5.75 Å². The second-order valence-electron chi connectivity index (χ2n) is 7.92. The van der Waals surface area contributed by atoms with Crippen LogP contribution in [0.5, 0.6) is 5.75 Å². The summed E-state index contributed by atoms with van der Waals surface area (Å²) < 4.78 is 7.56. The van der Waals surface area contributed by atoms with Crippen LogP contribution in [0, 0.1) is 0 Å². The van der Waals surface area contributed by atoms with Crippen molar-refractivity contribution in [1.82, 2.24) is 19.8 Å². The molecule has 2 aromatic carbocycles. The number of carbonyl (C=O) groups excluding carboxylic acids is 1. The van der Waals surface area contributed by atoms with Crippen LogP contribution in [-0.2, 0) is 24.8 Å². The monoisotopic (exact) mass is 420 g/mol. The van der Waals surface area contributed by atoms with Gasteiger partial charge < -0.3 is 19.7 Å². The van der Waals surface area contributed by atoms with E-state index in [0.717, 1.165) is 30.8 Å². The zero-order valence-electron chi connectivity index (χ0n) is 17.7. The van der Waals surface area contributed by atoms with Gasteiger partial charge in [-0.3, -0.25) is 9.69 Å². The van der Waals surface area contributed by atoms with Crippen LogP contribution in [0.1, 0.15) is 11.1 Å². The van der Waals surface area contributed by atoms with Crippen LogP contribution in [0.3, 0.4) is 0 Å². The van der Waals surface area contributed by atoms with E-state index < -0.39 is 6.10 Å². The van der Waals surface area contributed by atoms with Crippen LogP contribution in [-0.4, -0.2) is 57.8 Å². The molecule has 1 aliphatic rings. The highest BCUT2D eigenvalue weighted by atomic mass is 16.5. The van der Waals surface area contributed by atoms with Crippen molar-refractivity contribution in [1.29, 1.82) is 0 Å². The van der Waals surface area contributed by atoms with Crippen LogP contribution in [0.2, 0.25) is 0 Å². The summed E-state index contributed by atoms with van der Waals surface area (Å²) in [5.41, 5.74) is 4.63. The molecule has 0 bridgehead atoms. The molecule has 0 saturated heterocycles. The number of nitrogens with one attached hydrogen (secondary N) is 1. The van der Waals surface area contributed by atoms with Gasteiger partial charge in [-0.15, -0.1) is 0 Å². The summed E-state index contributed by atoms with van der Waals surface area (Å²) in [6, 6.07) is 16.0. The molecule has 0 aliphatic carbocycles. The zero-order chi connectivity index (χ0) is 21.6. The molecule has 1 atom stereocenters. The first-order chi connectivity index (χ1) is 15.1. The minimum Gasteiger partial charge on any atom is -0.484 e. The maximum Gasteiger partial charge on any atom is 0.258 e. The number of rotatable bonds is 8. The molecule has 31 heavy (non-hydrogen) atoms. The van der Waals surface area contributed by atoms with E-state index in [1.54, 1.807) is 12.5 Å². The molecule has 0 spiro atoms. The van der Waals surface area contributed by atoms with E-state index in [2.05, 4.69) is 33.4 Å². The van der Waals surface area contributed by atoms with Gasteiger partial charge in [-0.25, -0.2) is 4.98 Å². The molecule has 1 amide bonds. The van der Waals surface area contributed by atoms with Crippen LogP contribution >= 0.6 is 0 Å². The minimum absolute atomic E-state index is 0.0986. The van der Waals surface area contributed by atoms with Crippen molar-refractivity contribution in [3.8, 4) is 17.0 Å². The van der Waals surface area contributed by atoms with Gasteiger partial charge in [0, 0.05) is 38.8 Å². The molecule has 1 aromatic heterocycles. The molecule has 7 nitrogen and oxygen atoms in total. The number of imidazole rings is 1. The quantitative estimate of drug-likeness (QED) is 0.583. The van der Waals surface area contributed by atoms with Crippen LogP contribution in [0.15, 0.2) is 61.1 Å². The number of aromatic nitrogens is 2. The third-order valence-electron chi connectivity index (χ3n) is 5.53. The average molecular weight is 421 g/mol. The largest absolute Gasteiger partial charge is 0.484 e. The predicted octanol–water partition coefficient (Wildman–Crippen LogP) is 2.00. The number of amides is 1. The van der Waals surface area contributed by atoms with Crippen molar-refractivity contribution in [3.63, 3.8) is 0 Å². The van der Waals surface area contributed by atoms with E-state index in [9.17, 15) is 9.90 Å². The SMILES string of the molecule is Cn1cncc1-c1cccc(OCC(=O)NC[C@@H](O)CN2CCc3ccccc3C2)c1. The number of benzene rings is 2. The number of carbonyl (C=O) groups is 1. The van der Waals surface area contributed by atoms with Gasteiger partial charge >= 0.3 is 0 Å². The van der Waals surface area contributed by atoms with Gasteiger partial charge in [-0.05, 0) is 29.7 Å².